The van der Waals surface area contributed by atoms with Crippen LogP contribution >= 0.6 is 0 Å². The Bertz CT molecular complexity index is 1100. The van der Waals surface area contributed by atoms with Gasteiger partial charge in [-0.25, -0.2) is 0 Å². The summed E-state index contributed by atoms with van der Waals surface area (Å²) in [4.78, 5) is 3.41. The SMILES string of the molecule is COc1cccc([C@H](C[NH2+]Cc2ccc(C)o2)c2c[nH]c3ccccc23)c1OC. The van der Waals surface area contributed by atoms with Crippen LogP contribution in [-0.2, 0) is 6.54 Å². The number of para-hydroxylation sites is 2. The van der Waals surface area contributed by atoms with E-state index in [4.69, 9.17) is 13.9 Å². The number of H-pyrrole nitrogens is 1. The molecule has 0 saturated carbocycles. The van der Waals surface area contributed by atoms with E-state index in [2.05, 4.69) is 46.8 Å². The van der Waals surface area contributed by atoms with Gasteiger partial charge in [0.1, 0.15) is 12.3 Å². The Balaban J connectivity index is 1.71. The summed E-state index contributed by atoms with van der Waals surface area (Å²) >= 11 is 0. The lowest BCUT2D eigenvalue weighted by Crippen LogP contribution is -2.83. The van der Waals surface area contributed by atoms with Gasteiger partial charge in [-0.2, -0.15) is 0 Å². The molecule has 5 nitrogen and oxygen atoms in total. The minimum atomic E-state index is 0.132. The van der Waals surface area contributed by atoms with Gasteiger partial charge in [0.2, 0.25) is 0 Å². The van der Waals surface area contributed by atoms with E-state index in [1.807, 2.05) is 31.2 Å². The third-order valence-corrected chi connectivity index (χ3v) is 5.35. The number of hydrogen-bond donors (Lipinski definition) is 2. The summed E-state index contributed by atoms with van der Waals surface area (Å²) in [6.45, 7) is 3.61. The van der Waals surface area contributed by atoms with E-state index < -0.39 is 0 Å². The number of quaternary nitrogens is 1. The van der Waals surface area contributed by atoms with Crippen LogP contribution in [0.4, 0.5) is 0 Å². The van der Waals surface area contributed by atoms with E-state index in [1.54, 1.807) is 14.2 Å². The van der Waals surface area contributed by atoms with Gasteiger partial charge in [0.25, 0.3) is 0 Å². The zero-order valence-electron chi connectivity index (χ0n) is 17.1. The molecule has 2 heterocycles. The fourth-order valence-corrected chi connectivity index (χ4v) is 3.98. The number of hydrogen-bond acceptors (Lipinski definition) is 3. The maximum absolute atomic E-state index is 5.76. The van der Waals surface area contributed by atoms with Crippen molar-refractivity contribution in [3.05, 3.63) is 83.4 Å². The van der Waals surface area contributed by atoms with Gasteiger partial charge in [0.05, 0.1) is 26.7 Å². The van der Waals surface area contributed by atoms with Crippen molar-refractivity contribution in [2.75, 3.05) is 20.8 Å². The maximum atomic E-state index is 5.76. The Morgan fingerprint density at radius 1 is 0.966 bits per heavy atom. The van der Waals surface area contributed by atoms with Crippen LogP contribution in [0.5, 0.6) is 11.5 Å². The van der Waals surface area contributed by atoms with E-state index in [9.17, 15) is 0 Å². The molecule has 3 N–H and O–H groups in total. The molecule has 4 aromatic rings. The molecule has 0 saturated heterocycles. The standard InChI is InChI=1S/C24H26N2O3/c1-16-11-12-17(29-16)13-25-14-20(19-8-6-10-23(27-2)24(19)28-3)21-15-26-22-9-5-4-7-18(21)22/h4-12,15,20,25-26H,13-14H2,1-3H3/p+1/t20-/m0/s1. The Morgan fingerprint density at radius 2 is 1.83 bits per heavy atom. The number of fused-ring (bicyclic) bond motifs is 1. The summed E-state index contributed by atoms with van der Waals surface area (Å²) in [5.74, 6) is 3.59. The molecule has 29 heavy (non-hydrogen) atoms. The first kappa shape index (κ1) is 19.2. The van der Waals surface area contributed by atoms with E-state index in [0.717, 1.165) is 47.2 Å². The van der Waals surface area contributed by atoms with Gasteiger partial charge in [0.15, 0.2) is 17.3 Å². The number of nitrogens with one attached hydrogen (secondary N) is 1. The smallest absolute Gasteiger partial charge is 0.164 e. The zero-order chi connectivity index (χ0) is 20.2. The second-order valence-corrected chi connectivity index (χ2v) is 7.17. The van der Waals surface area contributed by atoms with Gasteiger partial charge >= 0.3 is 0 Å². The monoisotopic (exact) mass is 391 g/mol. The van der Waals surface area contributed by atoms with Crippen LogP contribution in [0.25, 0.3) is 10.9 Å². The lowest BCUT2D eigenvalue weighted by molar-refractivity contribution is -0.673. The van der Waals surface area contributed by atoms with Crippen molar-refractivity contribution in [3.8, 4) is 11.5 Å². The molecule has 0 bridgehead atoms. The van der Waals surface area contributed by atoms with Crippen molar-refractivity contribution < 1.29 is 19.2 Å². The first-order chi connectivity index (χ1) is 14.2. The second-order valence-electron chi connectivity index (χ2n) is 7.17. The summed E-state index contributed by atoms with van der Waals surface area (Å²) in [5, 5.41) is 3.51. The molecule has 2 aromatic heterocycles. The van der Waals surface area contributed by atoms with Crippen LogP contribution in [0.15, 0.2) is 65.2 Å². The fourth-order valence-electron chi connectivity index (χ4n) is 3.98. The third kappa shape index (κ3) is 3.87. The summed E-state index contributed by atoms with van der Waals surface area (Å²) in [5.41, 5.74) is 3.50. The number of aromatic nitrogens is 1. The molecule has 0 aliphatic rings. The van der Waals surface area contributed by atoms with Crippen molar-refractivity contribution in [1.29, 1.82) is 0 Å². The van der Waals surface area contributed by atoms with E-state index in [0.29, 0.717) is 0 Å². The van der Waals surface area contributed by atoms with Crippen LogP contribution < -0.4 is 14.8 Å². The van der Waals surface area contributed by atoms with Gasteiger partial charge in [-0.1, -0.05) is 30.3 Å². The highest BCUT2D eigenvalue weighted by molar-refractivity contribution is 5.84. The van der Waals surface area contributed by atoms with Crippen molar-refractivity contribution in [2.45, 2.75) is 19.4 Å². The predicted molar refractivity (Wildman–Crippen MR) is 114 cm³/mol. The van der Waals surface area contributed by atoms with Crippen LogP contribution in [0.2, 0.25) is 0 Å². The van der Waals surface area contributed by atoms with E-state index in [-0.39, 0.29) is 5.92 Å². The molecular weight excluding hydrogens is 364 g/mol. The molecule has 0 radical (unpaired) electrons. The normalized spacial score (nSPS) is 12.2. The molecule has 0 spiro atoms. The molecule has 2 aromatic carbocycles. The van der Waals surface area contributed by atoms with Crippen LogP contribution in [0.3, 0.4) is 0 Å². The number of furan rings is 1. The van der Waals surface area contributed by atoms with Crippen molar-refractivity contribution in [1.82, 2.24) is 4.98 Å². The van der Waals surface area contributed by atoms with Gasteiger partial charge in [-0.05, 0) is 36.8 Å². The molecule has 0 aliphatic heterocycles. The Labute approximate surface area is 170 Å². The Hall–Kier alpha value is -3.18. The van der Waals surface area contributed by atoms with Crippen LogP contribution in [0.1, 0.15) is 28.6 Å². The molecule has 4 rings (SSSR count). The Morgan fingerprint density at radius 3 is 2.59 bits per heavy atom. The summed E-state index contributed by atoms with van der Waals surface area (Å²) in [6.07, 6.45) is 2.11. The molecule has 1 atom stereocenters. The molecule has 5 heteroatoms. The first-order valence-electron chi connectivity index (χ1n) is 9.85. The number of methoxy groups -OCH3 is 2. The number of aryl methyl sites for hydroxylation is 1. The number of nitrogens with two attached hydrogens (primary N) is 1. The highest BCUT2D eigenvalue weighted by Gasteiger charge is 2.25. The van der Waals surface area contributed by atoms with E-state index in [1.165, 1.54) is 10.9 Å². The summed E-state index contributed by atoms with van der Waals surface area (Å²) in [7, 11) is 3.37. The highest BCUT2D eigenvalue weighted by atomic mass is 16.5. The number of aromatic amines is 1. The van der Waals surface area contributed by atoms with Crippen molar-refractivity contribution >= 4 is 10.9 Å². The second kappa shape index (κ2) is 8.45. The summed E-state index contributed by atoms with van der Waals surface area (Å²) < 4.78 is 17.0. The maximum Gasteiger partial charge on any atom is 0.164 e. The molecule has 150 valence electrons. The predicted octanol–water partition coefficient (Wildman–Crippen LogP) is 3.98. The molecular formula is C24H27N2O3+. The number of ether oxygens (including phenoxy) is 2. The molecule has 0 unspecified atom stereocenters. The van der Waals surface area contributed by atoms with Gasteiger partial charge in [-0.3, -0.25) is 0 Å². The zero-order valence-corrected chi connectivity index (χ0v) is 17.1. The largest absolute Gasteiger partial charge is 0.493 e. The Kier molecular flexibility index (Phi) is 5.58. The summed E-state index contributed by atoms with van der Waals surface area (Å²) in [6, 6.07) is 18.5. The quantitative estimate of drug-likeness (QED) is 0.477. The number of benzene rings is 2. The minimum absolute atomic E-state index is 0.132. The lowest BCUT2D eigenvalue weighted by atomic mass is 9.90. The first-order valence-corrected chi connectivity index (χ1v) is 9.85. The topological polar surface area (TPSA) is 64.0 Å². The van der Waals surface area contributed by atoms with Crippen LogP contribution in [-0.4, -0.2) is 25.7 Å². The average molecular weight is 391 g/mol. The molecule has 0 fully saturated rings. The fraction of sp³-hybridized carbons (Fsp3) is 0.250. The van der Waals surface area contributed by atoms with E-state index >= 15 is 0 Å². The van der Waals surface area contributed by atoms with Crippen molar-refractivity contribution in [2.24, 2.45) is 0 Å². The molecule has 0 aliphatic carbocycles. The lowest BCUT2D eigenvalue weighted by Gasteiger charge is -2.20. The van der Waals surface area contributed by atoms with Crippen molar-refractivity contribution in [3.63, 3.8) is 0 Å². The highest BCUT2D eigenvalue weighted by Crippen LogP contribution is 2.39. The average Bonchev–Trinajstić information content (AvgIpc) is 3.36. The van der Waals surface area contributed by atoms with Gasteiger partial charge in [-0.15, -0.1) is 0 Å². The third-order valence-electron chi connectivity index (χ3n) is 5.35. The van der Waals surface area contributed by atoms with Gasteiger partial charge < -0.3 is 24.2 Å². The van der Waals surface area contributed by atoms with Gasteiger partial charge in [0, 0.05) is 22.7 Å². The molecule has 0 amide bonds. The number of rotatable bonds is 8. The van der Waals surface area contributed by atoms with Crippen LogP contribution in [0, 0.1) is 6.92 Å². The minimum Gasteiger partial charge on any atom is -0.493 e.